The molecule has 0 spiro atoms. The summed E-state index contributed by atoms with van der Waals surface area (Å²) < 4.78 is 0. The third kappa shape index (κ3) is 8.99. The van der Waals surface area contributed by atoms with Crippen LogP contribution in [0, 0.1) is 14.9 Å². The van der Waals surface area contributed by atoms with Crippen LogP contribution in [0.4, 0.5) is 0 Å². The molecule has 0 heterocycles. The second-order valence-corrected chi connectivity index (χ2v) is 0. The van der Waals surface area contributed by atoms with Crippen LogP contribution in [0.1, 0.15) is 0 Å². The van der Waals surface area contributed by atoms with Gasteiger partial charge in [0.15, 0.2) is 0 Å². The molecule has 4 heavy (non-hydrogen) atoms. The second kappa shape index (κ2) is 16.3. The Bertz CT molecular complexity index is 4.00. The first-order valence-corrected chi connectivity index (χ1v) is 0. The van der Waals surface area contributed by atoms with Gasteiger partial charge in [-0.3, -0.25) is 0 Å². The van der Waals surface area contributed by atoms with E-state index < -0.39 is 0 Å². The minimum Gasteiger partial charge on any atom is -0.358 e. The van der Waals surface area contributed by atoms with Gasteiger partial charge < -0.3 is 14.9 Å². The largest absolute Gasteiger partial charge is 1.00 e. The van der Waals surface area contributed by atoms with Gasteiger partial charge in [0.25, 0.3) is 0 Å². The van der Waals surface area contributed by atoms with Crippen molar-refractivity contribution in [3.05, 3.63) is 14.9 Å². The number of hydrogen-bond donors (Lipinski definition) is 0. The normalized spacial score (nSPS) is 0. The Morgan fingerprint density at radius 1 is 0.500 bits per heavy atom. The predicted octanol–water partition coefficient (Wildman–Crippen LogP) is -5.09. The van der Waals surface area contributed by atoms with Crippen molar-refractivity contribution in [1.29, 1.82) is 0 Å². The van der Waals surface area contributed by atoms with Gasteiger partial charge in [0.2, 0.25) is 0 Å². The van der Waals surface area contributed by atoms with Crippen LogP contribution in [-0.2, 0) is 0 Å². The van der Waals surface area contributed by atoms with Gasteiger partial charge >= 0.3 is 103 Å². The summed E-state index contributed by atoms with van der Waals surface area (Å²) >= 11 is 0. The minimum absolute atomic E-state index is 0. The smallest absolute Gasteiger partial charge is 0.358 e. The van der Waals surface area contributed by atoms with Gasteiger partial charge in [-0.15, -0.1) is 0 Å². The molecule has 16 valence electrons. The van der Waals surface area contributed by atoms with E-state index in [1.54, 1.807) is 0 Å². The average Bonchev–Trinajstić information content (AvgIpc) is 0. The molecule has 0 aliphatic carbocycles. The van der Waals surface area contributed by atoms with Crippen molar-refractivity contribution in [2.45, 2.75) is 0 Å². The van der Waals surface area contributed by atoms with Gasteiger partial charge in [-0.1, -0.05) is 0 Å². The molecular weight excluding hydrogens is 102 g/mol. The van der Waals surface area contributed by atoms with Gasteiger partial charge in [-0.05, 0) is 0 Å². The number of hydrogen-bond acceptors (Lipinski definition) is 0. The molecule has 0 N–H and O–H groups in total. The van der Waals surface area contributed by atoms with Crippen molar-refractivity contribution in [3.8, 4) is 0 Å². The quantitative estimate of drug-likeness (QED) is 0.215. The third-order valence-corrected chi connectivity index (χ3v) is 0. The first-order valence-electron chi connectivity index (χ1n) is 0. The molecule has 0 amide bonds. The molecule has 0 aliphatic heterocycles. The van der Waals surface area contributed by atoms with E-state index in [1.807, 2.05) is 0 Å². The maximum absolute atomic E-state index is 0. The first-order chi connectivity index (χ1) is 0. The van der Waals surface area contributed by atoms with E-state index in [9.17, 15) is 0 Å². The van der Waals surface area contributed by atoms with Crippen molar-refractivity contribution < 1.29 is 103 Å². The molecule has 0 fully saturated rings. The van der Waals surface area contributed by atoms with E-state index in [0.29, 0.717) is 0 Å². The Kier molecular flexibility index (Phi) is 109. The molecule has 0 nitrogen and oxygen atoms in total. The summed E-state index contributed by atoms with van der Waals surface area (Å²) in [4.78, 5) is 0. The Morgan fingerprint density at radius 2 is 0.500 bits per heavy atom. The molecule has 0 atom stereocenters. The molecule has 0 saturated heterocycles. The van der Waals surface area contributed by atoms with Crippen LogP contribution in [0.25, 0.3) is 0 Å². The van der Waals surface area contributed by atoms with Gasteiger partial charge in [0.1, 0.15) is 0 Å². The Hall–Kier alpha value is 3.27. The van der Waals surface area contributed by atoms with Crippen LogP contribution in [-0.4, -0.2) is 0 Å². The van der Waals surface area contributed by atoms with E-state index in [-0.39, 0.29) is 118 Å². The predicted molar refractivity (Wildman–Crippen MR) is 12.8 cm³/mol. The van der Waals surface area contributed by atoms with Crippen LogP contribution < -0.4 is 103 Å². The zero-order valence-corrected chi connectivity index (χ0v) is 10.2. The molecule has 0 unspecified atom stereocenters. The summed E-state index contributed by atoms with van der Waals surface area (Å²) in [6, 6.07) is 0. The molecule has 0 rings (SSSR count). The summed E-state index contributed by atoms with van der Waals surface area (Å²) in [5.41, 5.74) is 0. The standard InChI is InChI=1S/2CH3.2K/h2*1H3;;/q2*-1;2*+1. The fourth-order valence-corrected chi connectivity index (χ4v) is 0. The first kappa shape index (κ1) is 26.7. The molecular formula is C2H6K2. The van der Waals surface area contributed by atoms with Crippen LogP contribution in [0.2, 0.25) is 0 Å². The van der Waals surface area contributed by atoms with Crippen molar-refractivity contribution in [1.82, 2.24) is 0 Å². The monoisotopic (exact) mass is 108 g/mol. The number of rotatable bonds is 0. The Balaban J connectivity index is 0. The average molecular weight is 108 g/mol. The molecule has 2 heteroatoms. The van der Waals surface area contributed by atoms with Crippen LogP contribution in [0.3, 0.4) is 0 Å². The van der Waals surface area contributed by atoms with E-state index in [1.165, 1.54) is 0 Å². The van der Waals surface area contributed by atoms with Gasteiger partial charge in [0, 0.05) is 0 Å². The van der Waals surface area contributed by atoms with E-state index in [4.69, 9.17) is 0 Å². The second-order valence-electron chi connectivity index (χ2n) is 0. The summed E-state index contributed by atoms with van der Waals surface area (Å²) in [5.74, 6) is 0. The topological polar surface area (TPSA) is 0 Å². The van der Waals surface area contributed by atoms with E-state index in [0.717, 1.165) is 0 Å². The van der Waals surface area contributed by atoms with Crippen molar-refractivity contribution in [3.63, 3.8) is 0 Å². The molecule has 0 aromatic heterocycles. The molecule has 0 radical (unpaired) electrons. The maximum Gasteiger partial charge on any atom is 1.00 e. The van der Waals surface area contributed by atoms with Crippen LogP contribution in [0.15, 0.2) is 0 Å². The summed E-state index contributed by atoms with van der Waals surface area (Å²) in [5, 5.41) is 0. The molecule has 0 aromatic carbocycles. The molecule has 0 aromatic rings. The zero-order valence-electron chi connectivity index (χ0n) is 4.00. The van der Waals surface area contributed by atoms with Gasteiger partial charge in [-0.2, -0.15) is 0 Å². The van der Waals surface area contributed by atoms with Crippen molar-refractivity contribution in [2.24, 2.45) is 0 Å². The Morgan fingerprint density at radius 3 is 0.500 bits per heavy atom. The molecule has 0 aliphatic rings. The van der Waals surface area contributed by atoms with E-state index >= 15 is 0 Å². The minimum atomic E-state index is 0. The SMILES string of the molecule is [CH3-].[CH3-].[K+].[K+]. The molecule has 0 bridgehead atoms. The summed E-state index contributed by atoms with van der Waals surface area (Å²) in [6.45, 7) is 0. The fraction of sp³-hybridized carbons (Fsp3) is 0. The van der Waals surface area contributed by atoms with Crippen LogP contribution >= 0.6 is 0 Å². The summed E-state index contributed by atoms with van der Waals surface area (Å²) in [6.07, 6.45) is 0. The third-order valence-electron chi connectivity index (χ3n) is 0. The Labute approximate surface area is 114 Å². The molecule has 0 saturated carbocycles. The van der Waals surface area contributed by atoms with Gasteiger partial charge in [0.05, 0.1) is 0 Å². The van der Waals surface area contributed by atoms with Crippen molar-refractivity contribution in [2.75, 3.05) is 0 Å². The van der Waals surface area contributed by atoms with Gasteiger partial charge in [-0.25, -0.2) is 0 Å². The van der Waals surface area contributed by atoms with Crippen molar-refractivity contribution >= 4 is 0 Å². The maximum atomic E-state index is 0. The fourth-order valence-electron chi connectivity index (χ4n) is 0. The summed E-state index contributed by atoms with van der Waals surface area (Å²) in [7, 11) is 0. The zero-order chi connectivity index (χ0) is 0. The van der Waals surface area contributed by atoms with Crippen LogP contribution in [0.5, 0.6) is 0 Å². The van der Waals surface area contributed by atoms with E-state index in [2.05, 4.69) is 0 Å².